The summed E-state index contributed by atoms with van der Waals surface area (Å²) >= 11 is 0. The van der Waals surface area contributed by atoms with Gasteiger partial charge in [-0.3, -0.25) is 14.5 Å². The number of nitrogens with zero attached hydrogens (tertiary/aromatic N) is 2. The van der Waals surface area contributed by atoms with E-state index in [-0.39, 0.29) is 0 Å². The monoisotopic (exact) mass is 396 g/mol. The molecule has 1 heterocycles. The minimum absolute atomic E-state index is 0.326. The summed E-state index contributed by atoms with van der Waals surface area (Å²) in [7, 11) is 0. The van der Waals surface area contributed by atoms with Crippen molar-refractivity contribution in [3.05, 3.63) is 60.2 Å². The Morgan fingerprint density at radius 1 is 1.03 bits per heavy atom. The number of aliphatic carboxylic acids is 1. The smallest absolute Gasteiger partial charge is 0.347 e. The molecule has 1 saturated heterocycles. The Kier molecular flexibility index (Phi) is 6.46. The molecule has 2 aromatic carbocycles. The molecule has 0 aliphatic carbocycles. The molecule has 0 radical (unpaired) electrons. The van der Waals surface area contributed by atoms with E-state index in [0.29, 0.717) is 11.3 Å². The number of para-hydroxylation sites is 1. The molecule has 8 nitrogen and oxygen atoms in total. The first-order valence-corrected chi connectivity index (χ1v) is 9.41. The maximum Gasteiger partial charge on any atom is 0.347 e. The summed E-state index contributed by atoms with van der Waals surface area (Å²) in [6.07, 6.45) is -1.52. The van der Waals surface area contributed by atoms with E-state index in [1.54, 1.807) is 42.5 Å². The topological polar surface area (TPSA) is 102 Å². The number of rotatable bonds is 6. The van der Waals surface area contributed by atoms with Gasteiger partial charge in [-0.15, -0.1) is 0 Å². The van der Waals surface area contributed by atoms with E-state index in [1.807, 2.05) is 12.1 Å². The first kappa shape index (κ1) is 20.3. The van der Waals surface area contributed by atoms with E-state index in [2.05, 4.69) is 15.5 Å². The highest BCUT2D eigenvalue weighted by molar-refractivity contribution is 6.02. The number of anilines is 2. The fourth-order valence-electron chi connectivity index (χ4n) is 3.29. The van der Waals surface area contributed by atoms with E-state index in [9.17, 15) is 19.5 Å². The fraction of sp³-hybridized carbons (Fsp3) is 0.286. The van der Waals surface area contributed by atoms with Gasteiger partial charge in [0.25, 0.3) is 5.91 Å². The van der Waals surface area contributed by atoms with Gasteiger partial charge in [0, 0.05) is 50.0 Å². The van der Waals surface area contributed by atoms with Crippen LogP contribution in [0.3, 0.4) is 0 Å². The van der Waals surface area contributed by atoms with Gasteiger partial charge in [0.05, 0.1) is 0 Å². The first-order chi connectivity index (χ1) is 14.0. The van der Waals surface area contributed by atoms with Crippen LogP contribution in [0.2, 0.25) is 0 Å². The van der Waals surface area contributed by atoms with Gasteiger partial charge in [-0.05, 0) is 36.4 Å². The molecule has 152 valence electrons. The van der Waals surface area contributed by atoms with Crippen LogP contribution in [0.25, 0.3) is 0 Å². The highest BCUT2D eigenvalue weighted by Crippen LogP contribution is 2.18. The molecular formula is C21H24N4O4. The van der Waals surface area contributed by atoms with Crippen molar-refractivity contribution in [2.45, 2.75) is 13.1 Å². The molecule has 1 fully saturated rings. The van der Waals surface area contributed by atoms with Crippen LogP contribution >= 0.6 is 0 Å². The lowest BCUT2D eigenvalue weighted by Gasteiger charge is -2.30. The average Bonchev–Trinajstić information content (AvgIpc) is 2.74. The van der Waals surface area contributed by atoms with Gasteiger partial charge in [-0.1, -0.05) is 18.2 Å². The largest absolute Gasteiger partial charge is 0.478 e. The van der Waals surface area contributed by atoms with E-state index in [4.69, 9.17) is 0 Å². The van der Waals surface area contributed by atoms with E-state index in [1.165, 1.54) is 6.92 Å². The Bertz CT molecular complexity index is 864. The predicted molar refractivity (Wildman–Crippen MR) is 110 cm³/mol. The molecule has 3 N–H and O–H groups in total. The highest BCUT2D eigenvalue weighted by atomic mass is 16.4. The Hall–Kier alpha value is -3.39. The Morgan fingerprint density at radius 3 is 2.21 bits per heavy atom. The molecule has 2 aromatic rings. The Balaban J connectivity index is 1.77. The molecule has 0 saturated carbocycles. The van der Waals surface area contributed by atoms with E-state index < -0.39 is 23.9 Å². The second-order valence-corrected chi connectivity index (χ2v) is 6.72. The second kappa shape index (κ2) is 9.20. The van der Waals surface area contributed by atoms with Crippen LogP contribution in [0.5, 0.6) is 0 Å². The number of hydrogen-bond acceptors (Lipinski definition) is 5. The summed E-state index contributed by atoms with van der Waals surface area (Å²) in [4.78, 5) is 39.9. The molecule has 8 heteroatoms. The zero-order valence-electron chi connectivity index (χ0n) is 16.2. The van der Waals surface area contributed by atoms with Crippen LogP contribution in [0, 0.1) is 0 Å². The van der Waals surface area contributed by atoms with Crippen LogP contribution in [-0.2, 0) is 9.59 Å². The standard InChI is InChI=1S/C21H24N4O4/c1-15(26)25(18-5-3-2-4-6-18)19(21(28)29)23-20(27)16-7-9-17(10-8-16)24-13-11-22-12-14-24/h2-10,19,22H,11-14H2,1H3,(H,23,27)(H,28,29). The van der Waals surface area contributed by atoms with Crippen molar-refractivity contribution in [1.82, 2.24) is 10.6 Å². The zero-order valence-corrected chi connectivity index (χ0v) is 16.2. The van der Waals surface area contributed by atoms with Gasteiger partial charge in [0.1, 0.15) is 0 Å². The second-order valence-electron chi connectivity index (χ2n) is 6.72. The van der Waals surface area contributed by atoms with Crippen LogP contribution in [0.4, 0.5) is 11.4 Å². The van der Waals surface area contributed by atoms with Gasteiger partial charge in [0.2, 0.25) is 12.1 Å². The SMILES string of the molecule is CC(=O)N(c1ccccc1)C(NC(=O)c1ccc(N2CCNCC2)cc1)C(=O)O. The fourth-order valence-corrected chi connectivity index (χ4v) is 3.29. The van der Waals surface area contributed by atoms with Crippen LogP contribution in [0.15, 0.2) is 54.6 Å². The molecular weight excluding hydrogens is 372 g/mol. The maximum absolute atomic E-state index is 12.7. The van der Waals surface area contributed by atoms with Crippen LogP contribution < -0.4 is 20.4 Å². The summed E-state index contributed by atoms with van der Waals surface area (Å²) in [5.74, 6) is -2.38. The van der Waals surface area contributed by atoms with Crippen LogP contribution in [0.1, 0.15) is 17.3 Å². The lowest BCUT2D eigenvalue weighted by atomic mass is 10.1. The normalized spacial score (nSPS) is 14.7. The Morgan fingerprint density at radius 2 is 1.66 bits per heavy atom. The van der Waals surface area contributed by atoms with Gasteiger partial charge < -0.3 is 20.6 Å². The number of carbonyl (C=O) groups excluding carboxylic acids is 2. The molecule has 1 atom stereocenters. The van der Waals surface area contributed by atoms with Crippen molar-refractivity contribution >= 4 is 29.2 Å². The van der Waals surface area contributed by atoms with Gasteiger partial charge >= 0.3 is 5.97 Å². The molecule has 29 heavy (non-hydrogen) atoms. The van der Waals surface area contributed by atoms with Gasteiger partial charge in [0.15, 0.2) is 0 Å². The molecule has 1 aliphatic heterocycles. The lowest BCUT2D eigenvalue weighted by molar-refractivity contribution is -0.140. The third-order valence-electron chi connectivity index (χ3n) is 4.75. The van der Waals surface area contributed by atoms with Crippen molar-refractivity contribution in [2.75, 3.05) is 36.0 Å². The minimum atomic E-state index is -1.52. The molecule has 2 amide bonds. The zero-order chi connectivity index (χ0) is 20.8. The number of piperazine rings is 1. The number of carboxylic acid groups (broad SMARTS) is 1. The molecule has 3 rings (SSSR count). The molecule has 1 unspecified atom stereocenters. The lowest BCUT2D eigenvalue weighted by Crippen LogP contribution is -2.55. The van der Waals surface area contributed by atoms with E-state index >= 15 is 0 Å². The number of hydrogen-bond donors (Lipinski definition) is 3. The highest BCUT2D eigenvalue weighted by Gasteiger charge is 2.31. The summed E-state index contributed by atoms with van der Waals surface area (Å²) in [6.45, 7) is 4.84. The molecule has 0 spiro atoms. The summed E-state index contributed by atoms with van der Waals surface area (Å²) < 4.78 is 0. The minimum Gasteiger partial charge on any atom is -0.478 e. The summed E-state index contributed by atoms with van der Waals surface area (Å²) in [6, 6.07) is 15.4. The predicted octanol–water partition coefficient (Wildman–Crippen LogP) is 1.29. The van der Waals surface area contributed by atoms with Crippen molar-refractivity contribution in [2.24, 2.45) is 0 Å². The van der Waals surface area contributed by atoms with Gasteiger partial charge in [-0.25, -0.2) is 4.79 Å². The summed E-state index contributed by atoms with van der Waals surface area (Å²) in [5.41, 5.74) is 1.72. The number of carboxylic acids is 1. The number of benzene rings is 2. The average molecular weight is 396 g/mol. The van der Waals surface area contributed by atoms with Crippen molar-refractivity contribution in [1.29, 1.82) is 0 Å². The Labute approximate surface area is 169 Å². The van der Waals surface area contributed by atoms with E-state index in [0.717, 1.165) is 36.8 Å². The third kappa shape index (κ3) is 4.91. The molecule has 0 aromatic heterocycles. The summed E-state index contributed by atoms with van der Waals surface area (Å²) in [5, 5.41) is 15.4. The molecule has 0 bridgehead atoms. The third-order valence-corrected chi connectivity index (χ3v) is 4.75. The number of amides is 2. The van der Waals surface area contributed by atoms with Crippen LogP contribution in [-0.4, -0.2) is 55.2 Å². The molecule has 1 aliphatic rings. The van der Waals surface area contributed by atoms with Crippen molar-refractivity contribution < 1.29 is 19.5 Å². The number of carbonyl (C=O) groups is 3. The van der Waals surface area contributed by atoms with Crippen molar-refractivity contribution in [3.63, 3.8) is 0 Å². The van der Waals surface area contributed by atoms with Crippen molar-refractivity contribution in [3.8, 4) is 0 Å². The van der Waals surface area contributed by atoms with Gasteiger partial charge in [-0.2, -0.15) is 0 Å². The number of nitrogens with one attached hydrogen (secondary N) is 2. The quantitative estimate of drug-likeness (QED) is 0.636. The maximum atomic E-state index is 12.7. The first-order valence-electron chi connectivity index (χ1n) is 9.41.